The number of aryl methyl sites for hydroxylation is 1. The molecule has 2 saturated heterocycles. The van der Waals surface area contributed by atoms with E-state index in [1.165, 1.54) is 5.56 Å². The van der Waals surface area contributed by atoms with Crippen LogP contribution in [0, 0.1) is 12.8 Å². The number of amides is 1. The fourth-order valence-electron chi connectivity index (χ4n) is 4.37. The van der Waals surface area contributed by atoms with Crippen LogP contribution in [0.25, 0.3) is 0 Å². The third kappa shape index (κ3) is 4.10. The van der Waals surface area contributed by atoms with Crippen molar-refractivity contribution in [3.05, 3.63) is 47.7 Å². The van der Waals surface area contributed by atoms with Crippen molar-refractivity contribution < 1.29 is 13.9 Å². The highest BCUT2D eigenvalue weighted by Gasteiger charge is 2.42. The predicted octanol–water partition coefficient (Wildman–Crippen LogP) is 2.58. The van der Waals surface area contributed by atoms with Gasteiger partial charge in [-0.1, -0.05) is 30.3 Å². The smallest absolute Gasteiger partial charge is 0.239 e. The number of piperidine rings is 1. The molecule has 7 heteroatoms. The molecule has 2 aliphatic heterocycles. The Bertz CT molecular complexity index is 794. The van der Waals surface area contributed by atoms with Crippen LogP contribution in [0.1, 0.15) is 42.6 Å². The summed E-state index contributed by atoms with van der Waals surface area (Å²) in [5.74, 6) is 1.22. The molecule has 150 valence electrons. The fourth-order valence-corrected chi connectivity index (χ4v) is 4.37. The number of rotatable bonds is 5. The lowest BCUT2D eigenvalue weighted by Gasteiger charge is -2.35. The molecule has 1 unspecified atom stereocenters. The summed E-state index contributed by atoms with van der Waals surface area (Å²) in [5, 5.41) is 8.11. The minimum atomic E-state index is -0.192. The van der Waals surface area contributed by atoms with E-state index in [2.05, 4.69) is 39.4 Å². The highest BCUT2D eigenvalue weighted by atomic mass is 16.5. The summed E-state index contributed by atoms with van der Waals surface area (Å²) in [4.78, 5) is 17.7. The highest BCUT2D eigenvalue weighted by Crippen LogP contribution is 2.35. The maximum Gasteiger partial charge on any atom is 0.239 e. The van der Waals surface area contributed by atoms with E-state index in [0.29, 0.717) is 24.7 Å². The predicted molar refractivity (Wildman–Crippen MR) is 103 cm³/mol. The minimum absolute atomic E-state index is 0.000383. The molecule has 4 rings (SSSR count). The van der Waals surface area contributed by atoms with Crippen LogP contribution in [0.3, 0.4) is 0 Å². The summed E-state index contributed by atoms with van der Waals surface area (Å²) in [6, 6.07) is 10.3. The molecule has 0 spiro atoms. The zero-order valence-corrected chi connectivity index (χ0v) is 16.6. The molecule has 2 aromatic rings. The van der Waals surface area contributed by atoms with Gasteiger partial charge in [-0.25, -0.2) is 0 Å². The number of benzene rings is 1. The van der Waals surface area contributed by atoms with Crippen LogP contribution in [0.4, 0.5) is 0 Å². The second-order valence-corrected chi connectivity index (χ2v) is 7.82. The number of likely N-dealkylation sites (tertiary alicyclic amines) is 2. The molecular weight excluding hydrogens is 356 g/mol. The van der Waals surface area contributed by atoms with E-state index in [-0.39, 0.29) is 24.0 Å². The summed E-state index contributed by atoms with van der Waals surface area (Å²) in [6.45, 7) is 5.06. The molecule has 1 aromatic heterocycles. The molecule has 3 atom stereocenters. The summed E-state index contributed by atoms with van der Waals surface area (Å²) in [6.07, 6.45) is 2.66. The van der Waals surface area contributed by atoms with Gasteiger partial charge in [0.2, 0.25) is 17.7 Å². The third-order valence-corrected chi connectivity index (χ3v) is 5.81. The number of hydrogen-bond acceptors (Lipinski definition) is 6. The van der Waals surface area contributed by atoms with Gasteiger partial charge in [0.05, 0.1) is 12.0 Å². The van der Waals surface area contributed by atoms with Crippen molar-refractivity contribution in [2.75, 3.05) is 26.7 Å². The lowest BCUT2D eigenvalue weighted by atomic mass is 9.95. The lowest BCUT2D eigenvalue weighted by Crippen LogP contribution is -2.44. The van der Waals surface area contributed by atoms with Crippen LogP contribution in [-0.4, -0.2) is 58.8 Å². The number of carbonyl (C=O) groups excluding carboxylic acids is 1. The highest BCUT2D eigenvalue weighted by molar-refractivity contribution is 5.80. The van der Waals surface area contributed by atoms with E-state index in [1.54, 1.807) is 14.0 Å². The van der Waals surface area contributed by atoms with Gasteiger partial charge in [0.1, 0.15) is 6.04 Å². The van der Waals surface area contributed by atoms with Crippen LogP contribution in [0.15, 0.2) is 34.7 Å². The summed E-state index contributed by atoms with van der Waals surface area (Å²) < 4.78 is 11.2. The average Bonchev–Trinajstić information content (AvgIpc) is 3.34. The van der Waals surface area contributed by atoms with E-state index in [0.717, 1.165) is 32.5 Å². The fraction of sp³-hybridized carbons (Fsp3) is 0.571. The molecule has 28 heavy (non-hydrogen) atoms. The van der Waals surface area contributed by atoms with Gasteiger partial charge >= 0.3 is 0 Å². The molecule has 1 aromatic carbocycles. The molecule has 0 saturated carbocycles. The second-order valence-electron chi connectivity index (χ2n) is 7.82. The van der Waals surface area contributed by atoms with Gasteiger partial charge < -0.3 is 14.1 Å². The topological polar surface area (TPSA) is 71.7 Å². The van der Waals surface area contributed by atoms with Gasteiger partial charge in [0, 0.05) is 40.1 Å². The maximum absolute atomic E-state index is 13.4. The van der Waals surface area contributed by atoms with E-state index in [1.807, 2.05) is 11.0 Å². The molecule has 0 aliphatic carbocycles. The van der Waals surface area contributed by atoms with Crippen molar-refractivity contribution >= 4 is 5.91 Å². The number of aromatic nitrogens is 2. The Morgan fingerprint density at radius 1 is 1.25 bits per heavy atom. The zero-order valence-electron chi connectivity index (χ0n) is 16.6. The van der Waals surface area contributed by atoms with Gasteiger partial charge in [0.25, 0.3) is 0 Å². The normalized spacial score (nSPS) is 25.9. The van der Waals surface area contributed by atoms with Crippen molar-refractivity contribution in [1.82, 2.24) is 20.0 Å². The van der Waals surface area contributed by atoms with E-state index in [4.69, 9.17) is 9.15 Å². The number of methoxy groups -OCH3 is 1. The van der Waals surface area contributed by atoms with Crippen molar-refractivity contribution in [2.45, 2.75) is 44.9 Å². The van der Waals surface area contributed by atoms with Gasteiger partial charge in [0.15, 0.2) is 0 Å². The molecule has 0 bridgehead atoms. The van der Waals surface area contributed by atoms with Crippen molar-refractivity contribution in [2.24, 2.45) is 5.92 Å². The first-order valence-corrected chi connectivity index (χ1v) is 10.0. The molecule has 0 radical (unpaired) electrons. The van der Waals surface area contributed by atoms with Crippen molar-refractivity contribution in [3.8, 4) is 0 Å². The van der Waals surface area contributed by atoms with Crippen LogP contribution >= 0.6 is 0 Å². The van der Waals surface area contributed by atoms with Gasteiger partial charge in [-0.2, -0.15) is 0 Å². The second kappa shape index (κ2) is 8.41. The first-order chi connectivity index (χ1) is 13.6. The van der Waals surface area contributed by atoms with Crippen LogP contribution in [-0.2, 0) is 16.1 Å². The molecule has 0 N–H and O–H groups in total. The summed E-state index contributed by atoms with van der Waals surface area (Å²) in [7, 11) is 1.69. The van der Waals surface area contributed by atoms with Crippen LogP contribution < -0.4 is 0 Å². The van der Waals surface area contributed by atoms with Crippen LogP contribution in [0.5, 0.6) is 0 Å². The minimum Gasteiger partial charge on any atom is -0.423 e. The first kappa shape index (κ1) is 19.1. The van der Waals surface area contributed by atoms with E-state index in [9.17, 15) is 4.79 Å². The molecule has 3 heterocycles. The van der Waals surface area contributed by atoms with Gasteiger partial charge in [-0.05, 0) is 24.9 Å². The van der Waals surface area contributed by atoms with E-state index < -0.39 is 0 Å². The Labute approximate surface area is 165 Å². The number of nitrogens with zero attached hydrogens (tertiary/aromatic N) is 4. The zero-order chi connectivity index (χ0) is 19.5. The quantitative estimate of drug-likeness (QED) is 0.789. The van der Waals surface area contributed by atoms with Gasteiger partial charge in [-0.3, -0.25) is 9.69 Å². The third-order valence-electron chi connectivity index (χ3n) is 5.81. The molecule has 7 nitrogen and oxygen atoms in total. The Morgan fingerprint density at radius 3 is 2.79 bits per heavy atom. The van der Waals surface area contributed by atoms with Crippen LogP contribution in [0.2, 0.25) is 0 Å². The Hall–Kier alpha value is -2.25. The Morgan fingerprint density at radius 2 is 2.07 bits per heavy atom. The van der Waals surface area contributed by atoms with Gasteiger partial charge in [-0.15, -0.1) is 10.2 Å². The summed E-state index contributed by atoms with van der Waals surface area (Å²) >= 11 is 0. The monoisotopic (exact) mass is 384 g/mol. The first-order valence-electron chi connectivity index (χ1n) is 10.0. The molecule has 2 aliphatic rings. The van der Waals surface area contributed by atoms with Crippen molar-refractivity contribution in [1.29, 1.82) is 0 Å². The average molecular weight is 384 g/mol. The lowest BCUT2D eigenvalue weighted by molar-refractivity contribution is -0.139. The Kier molecular flexibility index (Phi) is 5.73. The SMILES string of the molecule is CO[C@@H]1C[C@H](c2nnc(C)o2)N(C(=O)C2CCCN(Cc3ccccc3)C2)C1. The largest absolute Gasteiger partial charge is 0.423 e. The van der Waals surface area contributed by atoms with Crippen molar-refractivity contribution in [3.63, 3.8) is 0 Å². The molecule has 1 amide bonds. The number of hydrogen-bond donors (Lipinski definition) is 0. The van der Waals surface area contributed by atoms with E-state index >= 15 is 0 Å². The maximum atomic E-state index is 13.4. The Balaban J connectivity index is 1.45. The molecular formula is C21H28N4O3. The number of carbonyl (C=O) groups is 1. The number of ether oxygens (including phenoxy) is 1. The summed E-state index contributed by atoms with van der Waals surface area (Å²) in [5.41, 5.74) is 1.29. The standard InChI is InChI=1S/C21H28N4O3/c1-15-22-23-20(28-15)19-11-18(27-2)14-25(19)21(26)17-9-6-10-24(13-17)12-16-7-4-3-5-8-16/h3-5,7-8,17-19H,6,9-14H2,1-2H3/t17?,18-,19-/m1/s1. The molecule has 2 fully saturated rings.